The highest BCUT2D eigenvalue weighted by Crippen LogP contribution is 2.22. The lowest BCUT2D eigenvalue weighted by atomic mass is 9.99. The van der Waals surface area contributed by atoms with Crippen LogP contribution < -0.4 is 5.32 Å². The van der Waals surface area contributed by atoms with E-state index in [-0.39, 0.29) is 11.9 Å². The van der Waals surface area contributed by atoms with Gasteiger partial charge in [0, 0.05) is 24.3 Å². The fourth-order valence-electron chi connectivity index (χ4n) is 3.17. The molecule has 1 aromatic carbocycles. The van der Waals surface area contributed by atoms with E-state index in [1.54, 1.807) is 12.1 Å². The Kier molecular flexibility index (Phi) is 5.26. The summed E-state index contributed by atoms with van der Waals surface area (Å²) in [5.41, 5.74) is 1.42. The summed E-state index contributed by atoms with van der Waals surface area (Å²) >= 11 is 0. The van der Waals surface area contributed by atoms with Gasteiger partial charge in [-0.2, -0.15) is 0 Å². The largest absolute Gasteiger partial charge is 0.354 e. The predicted molar refractivity (Wildman–Crippen MR) is 92.8 cm³/mol. The number of pyridine rings is 1. The summed E-state index contributed by atoms with van der Waals surface area (Å²) in [6, 6.07) is 7.23. The number of carbonyl (C=O) groups excluding carboxylic acids is 1. The lowest BCUT2D eigenvalue weighted by Crippen LogP contribution is -2.43. The monoisotopic (exact) mass is 345 g/mol. The van der Waals surface area contributed by atoms with Gasteiger partial charge in [-0.1, -0.05) is 6.92 Å². The molecule has 4 nitrogen and oxygen atoms in total. The Labute approximate surface area is 145 Å². The van der Waals surface area contributed by atoms with Crippen molar-refractivity contribution in [2.45, 2.75) is 38.6 Å². The Bertz CT molecular complexity index is 749. The first-order valence-corrected chi connectivity index (χ1v) is 8.57. The molecule has 0 radical (unpaired) electrons. The van der Waals surface area contributed by atoms with Gasteiger partial charge in [0.25, 0.3) is 5.91 Å². The molecule has 0 bridgehead atoms. The SMILES string of the molecule is CCC1CCCCN1C(=O)c1ccc(Nc2ccc(F)c(F)c2)cn1. The average molecular weight is 345 g/mol. The first-order chi connectivity index (χ1) is 12.1. The van der Waals surface area contributed by atoms with Crippen molar-refractivity contribution in [3.05, 3.63) is 53.9 Å². The summed E-state index contributed by atoms with van der Waals surface area (Å²) in [5, 5.41) is 2.94. The number of hydrogen-bond donors (Lipinski definition) is 1. The highest BCUT2D eigenvalue weighted by Gasteiger charge is 2.26. The van der Waals surface area contributed by atoms with Gasteiger partial charge in [-0.15, -0.1) is 0 Å². The summed E-state index contributed by atoms with van der Waals surface area (Å²) in [7, 11) is 0. The number of halogens is 2. The number of carbonyl (C=O) groups is 1. The van der Waals surface area contributed by atoms with Crippen LogP contribution in [-0.4, -0.2) is 28.4 Å². The summed E-state index contributed by atoms with van der Waals surface area (Å²) < 4.78 is 26.2. The molecule has 1 aliphatic heterocycles. The van der Waals surface area contributed by atoms with E-state index < -0.39 is 11.6 Å². The van der Waals surface area contributed by atoms with Crippen molar-refractivity contribution in [1.29, 1.82) is 0 Å². The van der Waals surface area contributed by atoms with Crippen LogP contribution >= 0.6 is 0 Å². The number of hydrogen-bond acceptors (Lipinski definition) is 3. The highest BCUT2D eigenvalue weighted by atomic mass is 19.2. The number of nitrogens with zero attached hydrogens (tertiary/aromatic N) is 2. The fourth-order valence-corrected chi connectivity index (χ4v) is 3.17. The Morgan fingerprint density at radius 3 is 2.68 bits per heavy atom. The minimum Gasteiger partial charge on any atom is -0.354 e. The zero-order chi connectivity index (χ0) is 17.8. The number of likely N-dealkylation sites (tertiary alicyclic amines) is 1. The van der Waals surface area contributed by atoms with Crippen molar-refractivity contribution in [2.75, 3.05) is 11.9 Å². The fraction of sp³-hybridized carbons (Fsp3) is 0.368. The quantitative estimate of drug-likeness (QED) is 0.887. The molecule has 25 heavy (non-hydrogen) atoms. The van der Waals surface area contributed by atoms with Gasteiger partial charge in [-0.25, -0.2) is 13.8 Å². The van der Waals surface area contributed by atoms with Crippen molar-refractivity contribution >= 4 is 17.3 Å². The van der Waals surface area contributed by atoms with Crippen molar-refractivity contribution < 1.29 is 13.6 Å². The Balaban J connectivity index is 1.71. The second kappa shape index (κ2) is 7.59. The van der Waals surface area contributed by atoms with Crippen LogP contribution in [0.25, 0.3) is 0 Å². The van der Waals surface area contributed by atoms with E-state index in [1.807, 2.05) is 4.90 Å². The molecule has 1 unspecified atom stereocenters. The van der Waals surface area contributed by atoms with Crippen LogP contribution in [0.4, 0.5) is 20.2 Å². The lowest BCUT2D eigenvalue weighted by molar-refractivity contribution is 0.0602. The molecule has 2 heterocycles. The van der Waals surface area contributed by atoms with E-state index in [4.69, 9.17) is 0 Å². The van der Waals surface area contributed by atoms with Gasteiger partial charge in [-0.05, 0) is 49.9 Å². The maximum Gasteiger partial charge on any atom is 0.272 e. The van der Waals surface area contributed by atoms with Crippen molar-refractivity contribution in [3.8, 4) is 0 Å². The number of aromatic nitrogens is 1. The van der Waals surface area contributed by atoms with Crippen LogP contribution in [0.15, 0.2) is 36.5 Å². The van der Waals surface area contributed by atoms with Crippen LogP contribution in [-0.2, 0) is 0 Å². The zero-order valence-corrected chi connectivity index (χ0v) is 14.1. The molecule has 1 aromatic heterocycles. The second-order valence-electron chi connectivity index (χ2n) is 6.24. The van der Waals surface area contributed by atoms with E-state index in [0.717, 1.165) is 44.4 Å². The van der Waals surface area contributed by atoms with Crippen molar-refractivity contribution in [3.63, 3.8) is 0 Å². The third kappa shape index (κ3) is 3.95. The van der Waals surface area contributed by atoms with Gasteiger partial charge < -0.3 is 10.2 Å². The third-order valence-electron chi connectivity index (χ3n) is 4.55. The zero-order valence-electron chi connectivity index (χ0n) is 14.1. The molecule has 1 aliphatic rings. The molecule has 6 heteroatoms. The molecule has 3 rings (SSSR count). The average Bonchev–Trinajstić information content (AvgIpc) is 2.65. The van der Waals surface area contributed by atoms with Crippen LogP contribution in [0.5, 0.6) is 0 Å². The van der Waals surface area contributed by atoms with Gasteiger partial charge in [0.15, 0.2) is 11.6 Å². The molecular formula is C19H21F2N3O. The predicted octanol–water partition coefficient (Wildman–Crippen LogP) is 4.51. The molecule has 0 aliphatic carbocycles. The number of rotatable bonds is 4. The lowest BCUT2D eigenvalue weighted by Gasteiger charge is -2.35. The van der Waals surface area contributed by atoms with Crippen LogP contribution in [0, 0.1) is 11.6 Å². The van der Waals surface area contributed by atoms with Crippen molar-refractivity contribution in [1.82, 2.24) is 9.88 Å². The Morgan fingerprint density at radius 2 is 2.00 bits per heavy atom. The maximum atomic E-state index is 13.2. The maximum absolute atomic E-state index is 13.2. The van der Waals surface area contributed by atoms with Gasteiger partial charge in [-0.3, -0.25) is 4.79 Å². The summed E-state index contributed by atoms with van der Waals surface area (Å²) in [5.74, 6) is -1.86. The standard InChI is InChI=1S/C19H21F2N3O/c1-2-15-5-3-4-10-24(15)19(25)18-9-7-14(12-22-18)23-13-6-8-16(20)17(21)11-13/h6-9,11-12,15,23H,2-5,10H2,1H3. The van der Waals surface area contributed by atoms with Gasteiger partial charge >= 0.3 is 0 Å². The summed E-state index contributed by atoms with van der Waals surface area (Å²) in [6.07, 6.45) is 5.70. The molecule has 132 valence electrons. The Hall–Kier alpha value is -2.50. The highest BCUT2D eigenvalue weighted by molar-refractivity contribution is 5.92. The molecule has 1 fully saturated rings. The molecule has 1 saturated heterocycles. The number of anilines is 2. The summed E-state index contributed by atoms with van der Waals surface area (Å²) in [6.45, 7) is 2.87. The van der Waals surface area contributed by atoms with E-state index in [0.29, 0.717) is 17.1 Å². The van der Waals surface area contributed by atoms with Gasteiger partial charge in [0.2, 0.25) is 0 Å². The number of piperidine rings is 1. The smallest absolute Gasteiger partial charge is 0.272 e. The number of benzene rings is 1. The van der Waals surface area contributed by atoms with Crippen molar-refractivity contribution in [2.24, 2.45) is 0 Å². The molecule has 0 saturated carbocycles. The molecule has 1 amide bonds. The normalized spacial score (nSPS) is 17.4. The van der Waals surface area contributed by atoms with Crippen LogP contribution in [0.2, 0.25) is 0 Å². The second-order valence-corrected chi connectivity index (χ2v) is 6.24. The first-order valence-electron chi connectivity index (χ1n) is 8.57. The van der Waals surface area contributed by atoms with Crippen LogP contribution in [0.1, 0.15) is 43.1 Å². The van der Waals surface area contributed by atoms with E-state index >= 15 is 0 Å². The van der Waals surface area contributed by atoms with E-state index in [2.05, 4.69) is 17.2 Å². The number of nitrogens with one attached hydrogen (secondary N) is 1. The van der Waals surface area contributed by atoms with Crippen LogP contribution in [0.3, 0.4) is 0 Å². The van der Waals surface area contributed by atoms with E-state index in [1.165, 1.54) is 12.3 Å². The first kappa shape index (κ1) is 17.3. The summed E-state index contributed by atoms with van der Waals surface area (Å²) in [4.78, 5) is 18.8. The molecular weight excluding hydrogens is 324 g/mol. The third-order valence-corrected chi connectivity index (χ3v) is 4.55. The molecule has 1 atom stereocenters. The van der Waals surface area contributed by atoms with Gasteiger partial charge in [0.1, 0.15) is 5.69 Å². The topological polar surface area (TPSA) is 45.2 Å². The molecule has 2 aromatic rings. The minimum atomic E-state index is -0.916. The molecule has 1 N–H and O–H groups in total. The molecule has 0 spiro atoms. The van der Waals surface area contributed by atoms with E-state index in [9.17, 15) is 13.6 Å². The Morgan fingerprint density at radius 1 is 1.20 bits per heavy atom. The minimum absolute atomic E-state index is 0.0501. The van der Waals surface area contributed by atoms with Gasteiger partial charge in [0.05, 0.1) is 11.9 Å². The number of amides is 1.